The van der Waals surface area contributed by atoms with Gasteiger partial charge in [-0.2, -0.15) is 0 Å². The van der Waals surface area contributed by atoms with Crippen molar-refractivity contribution in [3.05, 3.63) is 29.3 Å². The smallest absolute Gasteiger partial charge is 0.249 e. The summed E-state index contributed by atoms with van der Waals surface area (Å²) < 4.78 is 5.52. The van der Waals surface area contributed by atoms with Gasteiger partial charge in [-0.1, -0.05) is 6.07 Å². The summed E-state index contributed by atoms with van der Waals surface area (Å²) >= 11 is 0. The maximum Gasteiger partial charge on any atom is 0.249 e. The van der Waals surface area contributed by atoms with Gasteiger partial charge in [0.25, 0.3) is 0 Å². The predicted molar refractivity (Wildman–Crippen MR) is 71.8 cm³/mol. The Morgan fingerprint density at radius 3 is 2.83 bits per heavy atom. The van der Waals surface area contributed by atoms with Crippen LogP contribution in [0.2, 0.25) is 0 Å². The van der Waals surface area contributed by atoms with E-state index in [4.69, 9.17) is 10.5 Å². The highest BCUT2D eigenvalue weighted by molar-refractivity contribution is 5.95. The Balaban J connectivity index is 1.99. The van der Waals surface area contributed by atoms with Gasteiger partial charge in [-0.3, -0.25) is 4.79 Å². The van der Waals surface area contributed by atoms with Gasteiger partial charge in [0.2, 0.25) is 5.91 Å². The Bertz CT molecular complexity index is 439. The van der Waals surface area contributed by atoms with Gasteiger partial charge in [0.1, 0.15) is 0 Å². The second-order valence-electron chi connectivity index (χ2n) is 4.73. The van der Waals surface area contributed by atoms with E-state index in [1.165, 1.54) is 0 Å². The number of primary amides is 1. The minimum Gasteiger partial charge on any atom is -0.382 e. The third-order valence-electron chi connectivity index (χ3n) is 3.46. The molecule has 18 heavy (non-hydrogen) atoms. The summed E-state index contributed by atoms with van der Waals surface area (Å²) in [5.41, 5.74) is 7.83. The first-order valence-corrected chi connectivity index (χ1v) is 6.39. The van der Waals surface area contributed by atoms with Crippen molar-refractivity contribution in [1.82, 2.24) is 0 Å². The van der Waals surface area contributed by atoms with Crippen molar-refractivity contribution in [2.75, 3.05) is 11.9 Å². The quantitative estimate of drug-likeness (QED) is 0.838. The molecule has 0 atom stereocenters. The molecule has 1 aliphatic carbocycles. The number of ether oxygens (including phenoxy) is 1. The minimum atomic E-state index is -0.378. The summed E-state index contributed by atoms with van der Waals surface area (Å²) in [6, 6.07) is 6.03. The third kappa shape index (κ3) is 2.64. The van der Waals surface area contributed by atoms with E-state index in [1.807, 2.05) is 26.0 Å². The van der Waals surface area contributed by atoms with E-state index in [1.54, 1.807) is 6.07 Å². The molecule has 0 radical (unpaired) electrons. The van der Waals surface area contributed by atoms with Crippen molar-refractivity contribution in [1.29, 1.82) is 0 Å². The molecule has 1 saturated carbocycles. The molecule has 0 heterocycles. The molecule has 4 heteroatoms. The van der Waals surface area contributed by atoms with Crippen molar-refractivity contribution < 1.29 is 9.53 Å². The number of carbonyl (C=O) groups is 1. The van der Waals surface area contributed by atoms with Crippen LogP contribution < -0.4 is 11.1 Å². The molecule has 1 aliphatic rings. The lowest BCUT2D eigenvalue weighted by molar-refractivity contribution is 0.00298. The molecular weight excluding hydrogens is 228 g/mol. The van der Waals surface area contributed by atoms with E-state index < -0.39 is 0 Å². The monoisotopic (exact) mass is 248 g/mol. The summed E-state index contributed by atoms with van der Waals surface area (Å²) in [5.74, 6) is -0.378. The molecule has 0 saturated heterocycles. The van der Waals surface area contributed by atoms with Crippen LogP contribution in [-0.2, 0) is 4.74 Å². The van der Waals surface area contributed by atoms with Gasteiger partial charge < -0.3 is 15.8 Å². The molecule has 4 nitrogen and oxygen atoms in total. The fraction of sp³-hybridized carbons (Fsp3) is 0.500. The molecule has 0 aromatic heterocycles. The molecule has 0 spiro atoms. The first-order chi connectivity index (χ1) is 8.61. The van der Waals surface area contributed by atoms with Gasteiger partial charge in [-0.15, -0.1) is 0 Å². The largest absolute Gasteiger partial charge is 0.382 e. The molecule has 1 aromatic carbocycles. The molecule has 1 amide bonds. The average Bonchev–Trinajstić information content (AvgIpc) is 2.28. The second-order valence-corrected chi connectivity index (χ2v) is 4.73. The minimum absolute atomic E-state index is 0.378. The molecule has 2 rings (SSSR count). The second kappa shape index (κ2) is 5.40. The Morgan fingerprint density at radius 1 is 1.50 bits per heavy atom. The SMILES string of the molecule is CCOC1CC(Nc2cccc(C(N)=O)c2C)C1. The summed E-state index contributed by atoms with van der Waals surface area (Å²) in [5, 5.41) is 3.44. The Labute approximate surface area is 108 Å². The van der Waals surface area contributed by atoms with E-state index >= 15 is 0 Å². The molecule has 0 aliphatic heterocycles. The fourth-order valence-corrected chi connectivity index (χ4v) is 2.33. The summed E-state index contributed by atoms with van der Waals surface area (Å²) in [4.78, 5) is 11.3. The molecule has 1 aromatic rings. The summed E-state index contributed by atoms with van der Waals surface area (Å²) in [6.07, 6.45) is 2.43. The van der Waals surface area contributed by atoms with Crippen LogP contribution in [0.5, 0.6) is 0 Å². The highest BCUT2D eigenvalue weighted by Crippen LogP contribution is 2.28. The maximum atomic E-state index is 11.3. The number of rotatable bonds is 5. The third-order valence-corrected chi connectivity index (χ3v) is 3.46. The van der Waals surface area contributed by atoms with Crippen molar-refractivity contribution in [3.8, 4) is 0 Å². The molecular formula is C14H20N2O2. The van der Waals surface area contributed by atoms with E-state index in [2.05, 4.69) is 5.32 Å². The Hall–Kier alpha value is -1.55. The van der Waals surface area contributed by atoms with Crippen molar-refractivity contribution in [2.45, 2.75) is 38.8 Å². The van der Waals surface area contributed by atoms with Gasteiger partial charge in [-0.05, 0) is 44.4 Å². The standard InChI is InChI=1S/C14H20N2O2/c1-3-18-11-7-10(8-11)16-13-6-4-5-12(9(13)2)14(15)17/h4-6,10-11,16H,3,7-8H2,1-2H3,(H2,15,17). The lowest BCUT2D eigenvalue weighted by Gasteiger charge is -2.36. The topological polar surface area (TPSA) is 64.3 Å². The average molecular weight is 248 g/mol. The molecule has 0 unspecified atom stereocenters. The first-order valence-electron chi connectivity index (χ1n) is 6.39. The summed E-state index contributed by atoms with van der Waals surface area (Å²) in [6.45, 7) is 4.70. The van der Waals surface area contributed by atoms with Gasteiger partial charge in [0.15, 0.2) is 0 Å². The maximum absolute atomic E-state index is 11.3. The lowest BCUT2D eigenvalue weighted by atomic mass is 9.88. The van der Waals surface area contributed by atoms with E-state index in [0.717, 1.165) is 30.7 Å². The number of benzene rings is 1. The first kappa shape index (κ1) is 12.9. The van der Waals surface area contributed by atoms with Crippen LogP contribution in [0.15, 0.2) is 18.2 Å². The number of nitrogens with two attached hydrogens (primary N) is 1. The summed E-state index contributed by atoms with van der Waals surface area (Å²) in [7, 11) is 0. The van der Waals surface area contributed by atoms with Crippen molar-refractivity contribution in [2.24, 2.45) is 5.73 Å². The number of nitrogens with one attached hydrogen (secondary N) is 1. The number of anilines is 1. The van der Waals surface area contributed by atoms with Crippen LogP contribution in [0.1, 0.15) is 35.7 Å². The molecule has 3 N–H and O–H groups in total. The predicted octanol–water partition coefficient (Wildman–Crippen LogP) is 2.07. The normalized spacial score (nSPS) is 22.3. The van der Waals surface area contributed by atoms with Crippen LogP contribution in [0.4, 0.5) is 5.69 Å². The van der Waals surface area contributed by atoms with Crippen LogP contribution in [-0.4, -0.2) is 24.7 Å². The zero-order valence-electron chi connectivity index (χ0n) is 10.9. The number of hydrogen-bond donors (Lipinski definition) is 2. The zero-order valence-corrected chi connectivity index (χ0v) is 10.9. The fourth-order valence-electron chi connectivity index (χ4n) is 2.33. The highest BCUT2D eigenvalue weighted by Gasteiger charge is 2.29. The number of amides is 1. The van der Waals surface area contributed by atoms with Crippen LogP contribution in [0, 0.1) is 6.92 Å². The Kier molecular flexibility index (Phi) is 3.87. The zero-order chi connectivity index (χ0) is 13.1. The van der Waals surface area contributed by atoms with Crippen LogP contribution in [0.25, 0.3) is 0 Å². The van der Waals surface area contributed by atoms with E-state index in [-0.39, 0.29) is 5.91 Å². The van der Waals surface area contributed by atoms with Crippen LogP contribution in [0.3, 0.4) is 0 Å². The molecule has 98 valence electrons. The Morgan fingerprint density at radius 2 is 2.22 bits per heavy atom. The van der Waals surface area contributed by atoms with Gasteiger partial charge >= 0.3 is 0 Å². The number of hydrogen-bond acceptors (Lipinski definition) is 3. The van der Waals surface area contributed by atoms with E-state index in [0.29, 0.717) is 17.7 Å². The highest BCUT2D eigenvalue weighted by atomic mass is 16.5. The van der Waals surface area contributed by atoms with Gasteiger partial charge in [0, 0.05) is 23.9 Å². The number of carbonyl (C=O) groups excluding carboxylic acids is 1. The van der Waals surface area contributed by atoms with Crippen molar-refractivity contribution in [3.63, 3.8) is 0 Å². The van der Waals surface area contributed by atoms with E-state index in [9.17, 15) is 4.79 Å². The lowest BCUT2D eigenvalue weighted by Crippen LogP contribution is -2.41. The van der Waals surface area contributed by atoms with Crippen molar-refractivity contribution >= 4 is 11.6 Å². The molecule has 1 fully saturated rings. The van der Waals surface area contributed by atoms with Crippen LogP contribution >= 0.6 is 0 Å². The van der Waals surface area contributed by atoms with Gasteiger partial charge in [0.05, 0.1) is 6.10 Å². The van der Waals surface area contributed by atoms with Gasteiger partial charge in [-0.25, -0.2) is 0 Å². The molecule has 0 bridgehead atoms.